The van der Waals surface area contributed by atoms with Crippen molar-refractivity contribution in [2.24, 2.45) is 0 Å². The molecule has 0 aliphatic carbocycles. The first-order valence-electron chi connectivity index (χ1n) is 9.11. The Morgan fingerprint density at radius 3 is 1.86 bits per heavy atom. The van der Waals surface area contributed by atoms with Crippen molar-refractivity contribution in [3.05, 3.63) is 122 Å². The van der Waals surface area contributed by atoms with Crippen LogP contribution < -0.4 is 0 Å². The molecule has 0 spiro atoms. The number of nitrogens with zero attached hydrogens (tertiary/aromatic N) is 2. The molecule has 0 atom stereocenters. The molecule has 29 heavy (non-hydrogen) atoms. The van der Waals surface area contributed by atoms with E-state index < -0.39 is 0 Å². The van der Waals surface area contributed by atoms with Crippen LogP contribution in [0.1, 0.15) is 0 Å². The summed E-state index contributed by atoms with van der Waals surface area (Å²) in [6.07, 6.45) is 3.59. The Morgan fingerprint density at radius 1 is 0.552 bits per heavy atom. The molecule has 0 bridgehead atoms. The van der Waals surface area contributed by atoms with Crippen molar-refractivity contribution in [2.45, 2.75) is 0 Å². The average molecular weight is 551 g/mol. The minimum Gasteiger partial charge on any atom is -0.305 e. The van der Waals surface area contributed by atoms with E-state index in [0.717, 1.165) is 27.9 Å². The van der Waals surface area contributed by atoms with Crippen molar-refractivity contribution in [3.63, 3.8) is 0 Å². The van der Waals surface area contributed by atoms with E-state index in [1.54, 1.807) is 12.4 Å². The van der Waals surface area contributed by atoms with Gasteiger partial charge in [0.1, 0.15) is 0 Å². The van der Waals surface area contributed by atoms with Crippen LogP contribution in [0.5, 0.6) is 0 Å². The van der Waals surface area contributed by atoms with Gasteiger partial charge in [0.2, 0.25) is 0 Å². The fourth-order valence-electron chi connectivity index (χ4n) is 2.86. The van der Waals surface area contributed by atoms with Gasteiger partial charge in [-0.25, -0.2) is 0 Å². The molecule has 0 fully saturated rings. The van der Waals surface area contributed by atoms with Crippen LogP contribution in [0.2, 0.25) is 0 Å². The number of benzene rings is 3. The van der Waals surface area contributed by atoms with E-state index in [4.69, 9.17) is 0 Å². The van der Waals surface area contributed by atoms with Gasteiger partial charge in [0, 0.05) is 38.2 Å². The molecular weight excluding hydrogens is 533 g/mol. The van der Waals surface area contributed by atoms with Gasteiger partial charge in [0.15, 0.2) is 0 Å². The van der Waals surface area contributed by atoms with Gasteiger partial charge in [-0.2, -0.15) is 0 Å². The summed E-state index contributed by atoms with van der Waals surface area (Å²) in [6, 6.07) is 38.5. The second kappa shape index (κ2) is 10.4. The number of fused-ring (bicyclic) bond motifs is 1. The molecule has 2 heterocycles. The Balaban J connectivity index is 0.000000167. The average Bonchev–Trinajstić information content (AvgIpc) is 2.81. The molecule has 0 amide bonds. The minimum atomic E-state index is 0. The maximum absolute atomic E-state index is 4.32. The zero-order valence-electron chi connectivity index (χ0n) is 15.6. The molecule has 1 radical (unpaired) electrons. The standard InChI is InChI=1S/C15H10N.C11H8N.Ir/c1-2-6-13-11-14(9-8-12(13)5-1)15-7-3-4-10-16-15;1-2-6-10(7-3-1)11-8-4-5-9-12-11;/h1-10H;1-6,8-9H;/q2*-1;. The number of hydrogen-bond acceptors (Lipinski definition) is 2. The monoisotopic (exact) mass is 551 g/mol. The van der Waals surface area contributed by atoms with Gasteiger partial charge in [-0.15, -0.1) is 65.5 Å². The molecule has 0 N–H and O–H groups in total. The fourth-order valence-corrected chi connectivity index (χ4v) is 2.86. The van der Waals surface area contributed by atoms with Crippen molar-refractivity contribution in [1.82, 2.24) is 9.97 Å². The van der Waals surface area contributed by atoms with Crippen LogP contribution >= 0.6 is 0 Å². The molecule has 0 saturated heterocycles. The second-order valence-corrected chi connectivity index (χ2v) is 6.17. The molecule has 0 unspecified atom stereocenters. The summed E-state index contributed by atoms with van der Waals surface area (Å²) in [4.78, 5) is 8.54. The number of pyridine rings is 2. The van der Waals surface area contributed by atoms with Gasteiger partial charge in [0.05, 0.1) is 0 Å². The smallest absolute Gasteiger partial charge is 0.0183 e. The normalized spacial score (nSPS) is 9.79. The number of aromatic nitrogens is 2. The maximum atomic E-state index is 4.32. The Kier molecular flexibility index (Phi) is 7.40. The van der Waals surface area contributed by atoms with Crippen LogP contribution in [0.25, 0.3) is 33.3 Å². The van der Waals surface area contributed by atoms with Crippen LogP contribution in [0.15, 0.2) is 109 Å². The van der Waals surface area contributed by atoms with Crippen molar-refractivity contribution in [2.75, 3.05) is 0 Å². The largest absolute Gasteiger partial charge is 0.305 e. The van der Waals surface area contributed by atoms with Gasteiger partial charge in [-0.1, -0.05) is 53.4 Å². The molecule has 3 aromatic carbocycles. The van der Waals surface area contributed by atoms with Crippen LogP contribution in [0, 0.1) is 12.1 Å². The summed E-state index contributed by atoms with van der Waals surface area (Å²) in [7, 11) is 0. The summed E-state index contributed by atoms with van der Waals surface area (Å²) in [6.45, 7) is 0. The van der Waals surface area contributed by atoms with E-state index in [1.165, 1.54) is 5.39 Å². The predicted molar refractivity (Wildman–Crippen MR) is 115 cm³/mol. The van der Waals surface area contributed by atoms with Crippen LogP contribution in [-0.4, -0.2) is 9.97 Å². The van der Waals surface area contributed by atoms with E-state index in [-0.39, 0.29) is 20.1 Å². The van der Waals surface area contributed by atoms with Gasteiger partial charge < -0.3 is 4.98 Å². The minimum absolute atomic E-state index is 0. The molecule has 0 aliphatic rings. The van der Waals surface area contributed by atoms with Crippen LogP contribution in [0.3, 0.4) is 0 Å². The van der Waals surface area contributed by atoms with Crippen LogP contribution in [-0.2, 0) is 20.1 Å². The van der Waals surface area contributed by atoms with Crippen LogP contribution in [0.4, 0.5) is 0 Å². The van der Waals surface area contributed by atoms with E-state index in [2.05, 4.69) is 46.4 Å². The molecule has 5 rings (SSSR count). The summed E-state index contributed by atoms with van der Waals surface area (Å²) < 4.78 is 0. The molecule has 2 aromatic heterocycles. The predicted octanol–water partition coefficient (Wildman–Crippen LogP) is 6.25. The Hall–Kier alpha value is -3.13. The molecule has 0 aliphatic heterocycles. The summed E-state index contributed by atoms with van der Waals surface area (Å²) in [5.74, 6) is 0. The quantitative estimate of drug-likeness (QED) is 0.243. The van der Waals surface area contributed by atoms with Crippen molar-refractivity contribution in [1.29, 1.82) is 0 Å². The third-order valence-corrected chi connectivity index (χ3v) is 4.25. The summed E-state index contributed by atoms with van der Waals surface area (Å²) >= 11 is 0. The molecule has 143 valence electrons. The van der Waals surface area contributed by atoms with E-state index in [1.807, 2.05) is 72.8 Å². The first-order chi connectivity index (χ1) is 13.9. The Morgan fingerprint density at radius 2 is 1.21 bits per heavy atom. The SMILES string of the molecule is [Ir].[c-]1c(-c2ccccn2)ccc2ccccc12.[c-]1ccccc1-c1ccccn1. The molecule has 2 nitrogen and oxygen atoms in total. The summed E-state index contributed by atoms with van der Waals surface area (Å²) in [5, 5.41) is 2.34. The van der Waals surface area contributed by atoms with E-state index >= 15 is 0 Å². The van der Waals surface area contributed by atoms with Gasteiger partial charge in [-0.3, -0.25) is 4.98 Å². The first kappa shape index (κ1) is 20.6. The van der Waals surface area contributed by atoms with E-state index in [9.17, 15) is 0 Å². The van der Waals surface area contributed by atoms with Gasteiger partial charge in [-0.05, 0) is 17.8 Å². The van der Waals surface area contributed by atoms with Gasteiger partial charge >= 0.3 is 0 Å². The zero-order valence-corrected chi connectivity index (χ0v) is 18.0. The van der Waals surface area contributed by atoms with Crippen molar-refractivity contribution < 1.29 is 20.1 Å². The molecule has 5 aromatic rings. The maximum Gasteiger partial charge on any atom is 0.0183 e. The van der Waals surface area contributed by atoms with Gasteiger partial charge in [0.25, 0.3) is 0 Å². The molecular formula is C26H18IrN2-2. The number of hydrogen-bond donors (Lipinski definition) is 0. The second-order valence-electron chi connectivity index (χ2n) is 6.17. The third-order valence-electron chi connectivity index (χ3n) is 4.25. The molecule has 0 saturated carbocycles. The first-order valence-corrected chi connectivity index (χ1v) is 9.11. The Bertz CT molecular complexity index is 1110. The van der Waals surface area contributed by atoms with Crippen molar-refractivity contribution in [3.8, 4) is 22.5 Å². The summed E-state index contributed by atoms with van der Waals surface area (Å²) in [5.41, 5.74) is 4.02. The Labute approximate surface area is 184 Å². The van der Waals surface area contributed by atoms with E-state index in [0.29, 0.717) is 0 Å². The number of rotatable bonds is 2. The van der Waals surface area contributed by atoms with Crippen molar-refractivity contribution >= 4 is 10.8 Å². The molecule has 3 heteroatoms. The zero-order chi connectivity index (χ0) is 19.0. The fraction of sp³-hybridized carbons (Fsp3) is 0. The third kappa shape index (κ3) is 5.45. The topological polar surface area (TPSA) is 25.8 Å².